The van der Waals surface area contributed by atoms with Crippen molar-refractivity contribution in [3.63, 3.8) is 0 Å². The molecular weight excluding hydrogens is 359 g/mol. The maximum Gasteiger partial charge on any atom is 0.224 e. The average Bonchev–Trinajstić information content (AvgIpc) is 2.85. The summed E-state index contributed by atoms with van der Waals surface area (Å²) in [6, 6.07) is 3.97. The molecule has 0 aliphatic rings. The molecule has 0 bridgehead atoms. The lowest BCUT2D eigenvalue weighted by atomic mass is 10.2. The number of hydrogen-bond donors (Lipinski definition) is 1. The molecule has 0 radical (unpaired) electrons. The van der Waals surface area contributed by atoms with E-state index in [0.29, 0.717) is 17.7 Å². The Morgan fingerprint density at radius 3 is 2.22 bits per heavy atom. The minimum atomic E-state index is -3.92. The van der Waals surface area contributed by atoms with Crippen LogP contribution < -0.4 is 0 Å². The molecular formula is C15H18Cl2N2O3S. The van der Waals surface area contributed by atoms with Gasteiger partial charge in [-0.1, -0.05) is 30.1 Å². The van der Waals surface area contributed by atoms with Crippen molar-refractivity contribution in [3.8, 4) is 0 Å². The summed E-state index contributed by atoms with van der Waals surface area (Å²) in [6.45, 7) is 5.12. The predicted molar refractivity (Wildman–Crippen MR) is 89.8 cm³/mol. The van der Waals surface area contributed by atoms with E-state index in [1.165, 1.54) is 22.9 Å². The average molecular weight is 377 g/mol. The van der Waals surface area contributed by atoms with E-state index in [2.05, 4.69) is 5.10 Å². The Labute approximate surface area is 145 Å². The van der Waals surface area contributed by atoms with Crippen molar-refractivity contribution in [2.24, 2.45) is 0 Å². The summed E-state index contributed by atoms with van der Waals surface area (Å²) in [7, 11) is -3.92. The molecule has 0 aliphatic heterocycles. The summed E-state index contributed by atoms with van der Waals surface area (Å²) in [5.41, 5.74) is 0.880. The zero-order chi connectivity index (χ0) is 17.4. The fraction of sp³-hybridized carbons (Fsp3) is 0.400. The number of halogens is 2. The van der Waals surface area contributed by atoms with E-state index in [9.17, 15) is 13.5 Å². The number of rotatable bonds is 5. The summed E-state index contributed by atoms with van der Waals surface area (Å²) >= 11 is 11.9. The van der Waals surface area contributed by atoms with Crippen LogP contribution in [-0.2, 0) is 22.9 Å². The van der Waals surface area contributed by atoms with Crippen LogP contribution in [0.1, 0.15) is 38.1 Å². The summed E-state index contributed by atoms with van der Waals surface area (Å²) in [6.07, 6.45) is 0.522. The van der Waals surface area contributed by atoms with E-state index in [1.807, 2.05) is 20.8 Å². The Bertz CT molecular complexity index is 809. The summed E-state index contributed by atoms with van der Waals surface area (Å²) in [4.78, 5) is -0.0193. The SMILES string of the molecule is CCc1nn(C(C)C)c(S(=O)(=O)c2cc(Cl)cc(Cl)c2)c1CO. The fourth-order valence-corrected chi connectivity index (χ4v) is 4.82. The van der Waals surface area contributed by atoms with E-state index in [4.69, 9.17) is 23.2 Å². The van der Waals surface area contributed by atoms with Gasteiger partial charge in [0.05, 0.1) is 17.2 Å². The zero-order valence-electron chi connectivity index (χ0n) is 13.0. The van der Waals surface area contributed by atoms with Crippen LogP contribution in [0.3, 0.4) is 0 Å². The molecule has 0 saturated heterocycles. The highest BCUT2D eigenvalue weighted by molar-refractivity contribution is 7.91. The number of aromatic nitrogens is 2. The van der Waals surface area contributed by atoms with Gasteiger partial charge in [-0.2, -0.15) is 5.10 Å². The van der Waals surface area contributed by atoms with Gasteiger partial charge in [0, 0.05) is 21.7 Å². The third kappa shape index (κ3) is 3.40. The molecule has 0 fully saturated rings. The van der Waals surface area contributed by atoms with Crippen LogP contribution in [0, 0.1) is 0 Å². The van der Waals surface area contributed by atoms with Crippen LogP contribution in [0.15, 0.2) is 28.1 Å². The van der Waals surface area contributed by atoms with E-state index in [0.717, 1.165) is 0 Å². The van der Waals surface area contributed by atoms with Gasteiger partial charge in [-0.25, -0.2) is 8.42 Å². The first-order chi connectivity index (χ1) is 10.7. The van der Waals surface area contributed by atoms with Crippen molar-refractivity contribution in [3.05, 3.63) is 39.5 Å². The minimum absolute atomic E-state index is 0.00909. The van der Waals surface area contributed by atoms with Gasteiger partial charge >= 0.3 is 0 Å². The largest absolute Gasteiger partial charge is 0.392 e. The lowest BCUT2D eigenvalue weighted by Crippen LogP contribution is -2.15. The van der Waals surface area contributed by atoms with E-state index in [1.54, 1.807) is 0 Å². The Kier molecular flexibility index (Phi) is 5.41. The lowest BCUT2D eigenvalue weighted by molar-refractivity contribution is 0.276. The monoisotopic (exact) mass is 376 g/mol. The standard InChI is InChI=1S/C15H18Cl2N2O3S/c1-4-14-13(8-20)15(19(18-14)9(2)3)23(21,22)12-6-10(16)5-11(17)7-12/h5-7,9,20H,4,8H2,1-3H3. The second-order valence-corrected chi connectivity index (χ2v) is 8.13. The number of nitrogens with zero attached hydrogens (tertiary/aromatic N) is 2. The number of aryl methyl sites for hydroxylation is 1. The first-order valence-corrected chi connectivity index (χ1v) is 9.38. The first kappa shape index (κ1) is 18.3. The van der Waals surface area contributed by atoms with E-state index in [-0.39, 0.29) is 26.0 Å². The number of benzene rings is 1. The van der Waals surface area contributed by atoms with Crippen molar-refractivity contribution >= 4 is 33.0 Å². The highest BCUT2D eigenvalue weighted by Crippen LogP contribution is 2.32. The predicted octanol–water partition coefficient (Wildman–Crippen LogP) is 3.66. The number of aliphatic hydroxyl groups is 1. The number of hydrogen-bond acceptors (Lipinski definition) is 4. The molecule has 8 heteroatoms. The maximum atomic E-state index is 13.1. The molecule has 2 aromatic rings. The number of aliphatic hydroxyl groups excluding tert-OH is 1. The van der Waals surface area contributed by atoms with Gasteiger partial charge in [-0.3, -0.25) is 4.68 Å². The molecule has 126 valence electrons. The molecule has 1 N–H and O–H groups in total. The van der Waals surface area contributed by atoms with E-state index >= 15 is 0 Å². The van der Waals surface area contributed by atoms with Gasteiger partial charge in [0.15, 0.2) is 5.03 Å². The minimum Gasteiger partial charge on any atom is -0.392 e. The third-order valence-corrected chi connectivity index (χ3v) is 5.66. The van der Waals surface area contributed by atoms with Crippen LogP contribution in [0.5, 0.6) is 0 Å². The Morgan fingerprint density at radius 2 is 1.78 bits per heavy atom. The fourth-order valence-electron chi connectivity index (χ4n) is 2.37. The quantitative estimate of drug-likeness (QED) is 0.863. The van der Waals surface area contributed by atoms with Gasteiger partial charge in [0.1, 0.15) is 0 Å². The molecule has 0 spiro atoms. The number of sulfone groups is 1. The smallest absolute Gasteiger partial charge is 0.224 e. The van der Waals surface area contributed by atoms with Crippen LogP contribution in [0.4, 0.5) is 0 Å². The molecule has 1 aromatic heterocycles. The summed E-state index contributed by atoms with van der Waals surface area (Å²) in [5, 5.41) is 14.5. The van der Waals surface area contributed by atoms with Crippen molar-refractivity contribution in [2.45, 2.75) is 49.8 Å². The molecule has 23 heavy (non-hydrogen) atoms. The summed E-state index contributed by atoms with van der Waals surface area (Å²) < 4.78 is 27.6. The molecule has 0 unspecified atom stereocenters. The van der Waals surface area contributed by atoms with Crippen LogP contribution >= 0.6 is 23.2 Å². The van der Waals surface area contributed by atoms with Crippen LogP contribution in [-0.4, -0.2) is 23.3 Å². The van der Waals surface area contributed by atoms with Crippen molar-refractivity contribution in [1.29, 1.82) is 0 Å². The molecule has 0 amide bonds. The van der Waals surface area contributed by atoms with Crippen LogP contribution in [0.25, 0.3) is 0 Å². The maximum absolute atomic E-state index is 13.1. The Hall–Kier alpha value is -1.08. The molecule has 5 nitrogen and oxygen atoms in total. The third-order valence-electron chi connectivity index (χ3n) is 3.43. The van der Waals surface area contributed by atoms with E-state index < -0.39 is 16.4 Å². The molecule has 1 heterocycles. The van der Waals surface area contributed by atoms with Gasteiger partial charge in [0.25, 0.3) is 0 Å². The highest BCUT2D eigenvalue weighted by atomic mass is 35.5. The normalized spacial score (nSPS) is 12.1. The molecule has 1 aromatic carbocycles. The topological polar surface area (TPSA) is 72.2 Å². The summed E-state index contributed by atoms with van der Waals surface area (Å²) in [5.74, 6) is 0. The second kappa shape index (κ2) is 6.81. The van der Waals surface area contributed by atoms with Crippen molar-refractivity contribution in [1.82, 2.24) is 9.78 Å². The Morgan fingerprint density at radius 1 is 1.22 bits per heavy atom. The van der Waals surface area contributed by atoms with Gasteiger partial charge < -0.3 is 5.11 Å². The second-order valence-electron chi connectivity index (χ2n) is 5.39. The first-order valence-electron chi connectivity index (χ1n) is 7.14. The zero-order valence-corrected chi connectivity index (χ0v) is 15.4. The van der Waals surface area contributed by atoms with Crippen molar-refractivity contribution in [2.75, 3.05) is 0 Å². The highest BCUT2D eigenvalue weighted by Gasteiger charge is 2.30. The van der Waals surface area contributed by atoms with Gasteiger partial charge in [-0.15, -0.1) is 0 Å². The Balaban J connectivity index is 2.79. The van der Waals surface area contributed by atoms with Crippen LogP contribution in [0.2, 0.25) is 10.0 Å². The van der Waals surface area contributed by atoms with Gasteiger partial charge in [-0.05, 0) is 38.5 Å². The van der Waals surface area contributed by atoms with Gasteiger partial charge in [0.2, 0.25) is 9.84 Å². The molecule has 0 aliphatic carbocycles. The molecule has 0 saturated carbocycles. The molecule has 2 rings (SSSR count). The molecule has 0 atom stereocenters. The van der Waals surface area contributed by atoms with Crippen molar-refractivity contribution < 1.29 is 13.5 Å². The lowest BCUT2D eigenvalue weighted by Gasteiger charge is -2.13.